The maximum Gasteiger partial charge on any atom is 0.253 e. The Hall–Kier alpha value is -1.62. The predicted molar refractivity (Wildman–Crippen MR) is 108 cm³/mol. The zero-order valence-corrected chi connectivity index (χ0v) is 16.6. The highest BCUT2D eigenvalue weighted by Crippen LogP contribution is 2.41. The topological polar surface area (TPSA) is 53.9 Å². The van der Waals surface area contributed by atoms with Gasteiger partial charge in [0.15, 0.2) is 0 Å². The van der Waals surface area contributed by atoms with Crippen LogP contribution < -0.4 is 5.56 Å². The van der Waals surface area contributed by atoms with Crippen LogP contribution >= 0.6 is 0 Å². The summed E-state index contributed by atoms with van der Waals surface area (Å²) >= 11 is 0. The lowest BCUT2D eigenvalue weighted by Gasteiger charge is -2.35. The average Bonchev–Trinajstić information content (AvgIpc) is 3.33. The Bertz CT molecular complexity index is 890. The van der Waals surface area contributed by atoms with Crippen molar-refractivity contribution in [3.05, 3.63) is 27.2 Å². The van der Waals surface area contributed by atoms with Crippen LogP contribution in [0.1, 0.15) is 87.6 Å². The lowest BCUT2D eigenvalue weighted by Crippen LogP contribution is -2.36. The van der Waals surface area contributed by atoms with E-state index in [0.29, 0.717) is 6.04 Å². The summed E-state index contributed by atoms with van der Waals surface area (Å²) in [6.07, 6.45) is 13.6. The first-order chi connectivity index (χ1) is 13.3. The Morgan fingerprint density at radius 3 is 2.56 bits per heavy atom. The Balaban J connectivity index is 1.65. The number of nitrogens with zero attached hydrogens (tertiary/aromatic N) is 3. The number of likely N-dealkylation sites (tertiary alicyclic amines) is 1. The molecule has 146 valence electrons. The van der Waals surface area contributed by atoms with Crippen LogP contribution in [0.2, 0.25) is 0 Å². The molecule has 5 heteroatoms. The summed E-state index contributed by atoms with van der Waals surface area (Å²) in [6, 6.07) is 1.16. The van der Waals surface area contributed by atoms with E-state index >= 15 is 0 Å². The van der Waals surface area contributed by atoms with Crippen molar-refractivity contribution >= 4 is 11.0 Å². The summed E-state index contributed by atoms with van der Waals surface area (Å²) in [5.41, 5.74) is 4.69. The Morgan fingerprint density at radius 1 is 1.00 bits per heavy atom. The van der Waals surface area contributed by atoms with Crippen LogP contribution in [0, 0.1) is 0 Å². The van der Waals surface area contributed by atoms with E-state index in [2.05, 4.69) is 16.8 Å². The molecule has 1 aliphatic heterocycles. The molecule has 0 radical (unpaired) electrons. The molecular weight excluding hydrogens is 336 g/mol. The number of hydrogen-bond donors (Lipinski definition) is 1. The second kappa shape index (κ2) is 7.08. The van der Waals surface area contributed by atoms with E-state index in [1.807, 2.05) is 4.68 Å². The minimum absolute atomic E-state index is 0.119. The molecule has 2 aliphatic carbocycles. The third kappa shape index (κ3) is 2.86. The quantitative estimate of drug-likeness (QED) is 0.888. The molecule has 1 saturated heterocycles. The third-order valence-corrected chi connectivity index (χ3v) is 7.21. The fraction of sp³-hybridized carbons (Fsp3) is 0.727. The van der Waals surface area contributed by atoms with E-state index < -0.39 is 0 Å². The monoisotopic (exact) mass is 368 g/mol. The molecule has 27 heavy (non-hydrogen) atoms. The largest absolute Gasteiger partial charge is 0.307 e. The van der Waals surface area contributed by atoms with Crippen LogP contribution in [0.25, 0.3) is 11.0 Å². The fourth-order valence-corrected chi connectivity index (χ4v) is 5.91. The van der Waals surface area contributed by atoms with E-state index in [-0.39, 0.29) is 5.56 Å². The van der Waals surface area contributed by atoms with Crippen LogP contribution in [-0.2, 0) is 19.4 Å². The summed E-state index contributed by atoms with van der Waals surface area (Å²) in [7, 11) is 0. The van der Waals surface area contributed by atoms with Gasteiger partial charge in [-0.05, 0) is 70.4 Å². The smallest absolute Gasteiger partial charge is 0.253 e. The van der Waals surface area contributed by atoms with E-state index in [0.717, 1.165) is 43.1 Å². The molecule has 5 rings (SSSR count). The molecule has 2 fully saturated rings. The minimum atomic E-state index is 0.119. The number of aryl methyl sites for hydroxylation is 2. The van der Waals surface area contributed by atoms with Crippen LogP contribution in [0.15, 0.2) is 4.79 Å². The van der Waals surface area contributed by atoms with Crippen molar-refractivity contribution in [2.75, 3.05) is 6.54 Å². The fourth-order valence-electron chi connectivity index (χ4n) is 5.91. The molecule has 3 heterocycles. The molecule has 0 aromatic carbocycles. The Morgan fingerprint density at radius 2 is 1.78 bits per heavy atom. The van der Waals surface area contributed by atoms with Crippen LogP contribution in [0.5, 0.6) is 0 Å². The van der Waals surface area contributed by atoms with Gasteiger partial charge in [-0.1, -0.05) is 19.3 Å². The van der Waals surface area contributed by atoms with Crippen molar-refractivity contribution in [2.45, 2.75) is 96.2 Å². The molecule has 0 spiro atoms. The average molecular weight is 369 g/mol. The number of aromatic amines is 1. The van der Waals surface area contributed by atoms with Crippen molar-refractivity contribution in [1.82, 2.24) is 19.7 Å². The van der Waals surface area contributed by atoms with Gasteiger partial charge in [-0.2, -0.15) is 5.10 Å². The second-order valence-corrected chi connectivity index (χ2v) is 8.73. The standard InChI is InChI=1S/C22H32N4O/c1-2-26-21-19(16-11-6-7-12-17(16)22(27)23-21)20(24-26)18-13-8-14-25(18)15-9-4-3-5-10-15/h15,18H,2-14H2,1H3,(H,23,27). The Labute approximate surface area is 161 Å². The maximum atomic E-state index is 12.7. The number of pyridine rings is 1. The number of nitrogens with one attached hydrogen (secondary N) is 1. The normalized spacial score (nSPS) is 24.6. The Kier molecular flexibility index (Phi) is 4.58. The van der Waals surface area contributed by atoms with Gasteiger partial charge in [0.05, 0.1) is 11.7 Å². The number of fused-ring (bicyclic) bond motifs is 3. The van der Waals surface area contributed by atoms with E-state index in [1.165, 1.54) is 74.6 Å². The third-order valence-electron chi connectivity index (χ3n) is 7.21. The van der Waals surface area contributed by atoms with Gasteiger partial charge < -0.3 is 4.98 Å². The molecule has 2 aromatic heterocycles. The van der Waals surface area contributed by atoms with E-state index in [1.54, 1.807) is 0 Å². The first kappa shape index (κ1) is 17.5. The molecule has 3 aliphatic rings. The number of hydrogen-bond acceptors (Lipinski definition) is 3. The molecule has 5 nitrogen and oxygen atoms in total. The molecule has 1 N–H and O–H groups in total. The highest BCUT2D eigenvalue weighted by molar-refractivity contribution is 5.84. The van der Waals surface area contributed by atoms with Crippen LogP contribution in [0.4, 0.5) is 0 Å². The summed E-state index contributed by atoms with van der Waals surface area (Å²) in [4.78, 5) is 18.6. The van der Waals surface area contributed by atoms with Crippen molar-refractivity contribution in [1.29, 1.82) is 0 Å². The van der Waals surface area contributed by atoms with Crippen LogP contribution in [-0.4, -0.2) is 32.3 Å². The van der Waals surface area contributed by atoms with Crippen molar-refractivity contribution < 1.29 is 0 Å². The lowest BCUT2D eigenvalue weighted by molar-refractivity contribution is 0.140. The van der Waals surface area contributed by atoms with Gasteiger partial charge in [0, 0.05) is 23.5 Å². The highest BCUT2D eigenvalue weighted by Gasteiger charge is 2.36. The van der Waals surface area contributed by atoms with Gasteiger partial charge in [0.1, 0.15) is 5.65 Å². The second-order valence-electron chi connectivity index (χ2n) is 8.73. The van der Waals surface area contributed by atoms with Gasteiger partial charge in [0.2, 0.25) is 0 Å². The predicted octanol–water partition coefficient (Wildman–Crippen LogP) is 4.09. The molecule has 0 bridgehead atoms. The highest BCUT2D eigenvalue weighted by atomic mass is 16.1. The van der Waals surface area contributed by atoms with Crippen molar-refractivity contribution in [3.8, 4) is 0 Å². The van der Waals surface area contributed by atoms with E-state index in [9.17, 15) is 4.79 Å². The summed E-state index contributed by atoms with van der Waals surface area (Å²) in [5.74, 6) is 0. The van der Waals surface area contributed by atoms with Crippen molar-refractivity contribution in [3.63, 3.8) is 0 Å². The first-order valence-corrected chi connectivity index (χ1v) is 11.2. The molecular formula is C22H32N4O. The summed E-state index contributed by atoms with van der Waals surface area (Å²) in [6.45, 7) is 4.14. The lowest BCUT2D eigenvalue weighted by atomic mass is 9.89. The van der Waals surface area contributed by atoms with Gasteiger partial charge in [0.25, 0.3) is 5.56 Å². The molecule has 1 atom stereocenters. The number of aromatic nitrogens is 3. The summed E-state index contributed by atoms with van der Waals surface area (Å²) < 4.78 is 2.04. The molecule has 1 unspecified atom stereocenters. The first-order valence-electron chi connectivity index (χ1n) is 11.2. The molecule has 2 aromatic rings. The van der Waals surface area contributed by atoms with Gasteiger partial charge in [-0.15, -0.1) is 0 Å². The molecule has 0 amide bonds. The minimum Gasteiger partial charge on any atom is -0.307 e. The van der Waals surface area contributed by atoms with Gasteiger partial charge >= 0.3 is 0 Å². The number of rotatable bonds is 3. The molecule has 1 saturated carbocycles. The zero-order chi connectivity index (χ0) is 18.4. The summed E-state index contributed by atoms with van der Waals surface area (Å²) in [5, 5.41) is 6.38. The van der Waals surface area contributed by atoms with Gasteiger partial charge in [-0.25, -0.2) is 4.68 Å². The number of H-pyrrole nitrogens is 1. The van der Waals surface area contributed by atoms with E-state index in [4.69, 9.17) is 5.10 Å². The van der Waals surface area contributed by atoms with Crippen LogP contribution in [0.3, 0.4) is 0 Å². The SMILES string of the molecule is CCn1nc(C2CCCN2C2CCCCC2)c2c3c(c(=O)[nH]c21)CCCC3. The van der Waals surface area contributed by atoms with Gasteiger partial charge in [-0.3, -0.25) is 9.69 Å². The van der Waals surface area contributed by atoms with Crippen molar-refractivity contribution in [2.24, 2.45) is 0 Å². The zero-order valence-electron chi connectivity index (χ0n) is 16.6. The maximum absolute atomic E-state index is 12.7.